The molecule has 53 heavy (non-hydrogen) atoms. The highest BCUT2D eigenvalue weighted by Gasteiger charge is 2.43. The molecule has 0 aliphatic carbocycles. The second kappa shape index (κ2) is 15.1. The molecule has 0 saturated heterocycles. The fraction of sp³-hybridized carbons (Fsp3) is 0.140. The molecule has 0 unspecified atom stereocenters. The second-order valence-electron chi connectivity index (χ2n) is 12.6. The van der Waals surface area contributed by atoms with Crippen LogP contribution in [0.5, 0.6) is 0 Å². The normalized spacial score (nSPS) is 11.7. The fourth-order valence-electron chi connectivity index (χ4n) is 6.93. The van der Waals surface area contributed by atoms with E-state index in [2.05, 4.69) is 51.7 Å². The van der Waals surface area contributed by atoms with E-state index >= 15 is 0 Å². The molecule has 0 bridgehead atoms. The lowest BCUT2D eigenvalue weighted by Gasteiger charge is -2.36. The Morgan fingerprint density at radius 3 is 1.77 bits per heavy atom. The van der Waals surface area contributed by atoms with Crippen molar-refractivity contribution >= 4 is 11.6 Å². The molecule has 10 heteroatoms. The lowest BCUT2D eigenvalue weighted by molar-refractivity contribution is -0.0885. The smallest absolute Gasteiger partial charge is 0.352 e. The molecular weight excluding hydrogens is 674 g/mol. The minimum Gasteiger partial charge on any atom is -0.352 e. The van der Waals surface area contributed by atoms with Gasteiger partial charge in [-0.1, -0.05) is 146 Å². The monoisotopic (exact) mass is 708 g/mol. The summed E-state index contributed by atoms with van der Waals surface area (Å²) in [5.74, 6) is -1.34. The number of carbonyl (C=O) groups excluding carboxylic acids is 1. The molecule has 7 rings (SSSR count). The number of Topliss-reactive ketones (excluding diaryl/α,β-unsaturated/α-hetero) is 1. The van der Waals surface area contributed by atoms with E-state index in [0.717, 1.165) is 38.9 Å². The number of ketones is 1. The number of benzene rings is 5. The summed E-state index contributed by atoms with van der Waals surface area (Å²) in [4.78, 5) is 18.2. The van der Waals surface area contributed by atoms with Crippen LogP contribution in [0.3, 0.4) is 0 Å². The van der Waals surface area contributed by atoms with Crippen molar-refractivity contribution in [3.8, 4) is 22.5 Å². The summed E-state index contributed by atoms with van der Waals surface area (Å²) < 4.78 is 42.3. The molecular formula is C43H35F3N6O. The molecule has 0 spiro atoms. The van der Waals surface area contributed by atoms with Gasteiger partial charge in [0.1, 0.15) is 11.4 Å². The molecule has 0 amide bonds. The predicted octanol–water partition coefficient (Wildman–Crippen LogP) is 9.40. The van der Waals surface area contributed by atoms with Crippen molar-refractivity contribution in [2.75, 3.05) is 11.4 Å². The summed E-state index contributed by atoms with van der Waals surface area (Å²) in [7, 11) is 0. The van der Waals surface area contributed by atoms with E-state index in [1.807, 2.05) is 115 Å². The highest BCUT2D eigenvalue weighted by Crippen LogP contribution is 2.43. The van der Waals surface area contributed by atoms with Crippen molar-refractivity contribution in [3.05, 3.63) is 186 Å². The highest BCUT2D eigenvalue weighted by molar-refractivity contribution is 6.04. The van der Waals surface area contributed by atoms with Gasteiger partial charge in [0.05, 0.1) is 5.56 Å². The topological polar surface area (TPSA) is 76.8 Å². The first-order valence-electron chi connectivity index (χ1n) is 17.3. The molecule has 2 heterocycles. The van der Waals surface area contributed by atoms with Gasteiger partial charge in [-0.2, -0.15) is 13.2 Å². The summed E-state index contributed by atoms with van der Waals surface area (Å²) in [5, 5.41) is 13.6. The van der Waals surface area contributed by atoms with Crippen molar-refractivity contribution in [1.82, 2.24) is 25.2 Å². The number of hydrogen-bond donors (Lipinski definition) is 0. The van der Waals surface area contributed by atoms with Crippen LogP contribution in [-0.2, 0) is 12.1 Å². The molecule has 0 N–H and O–H groups in total. The quantitative estimate of drug-likeness (QED) is 0.0930. The van der Waals surface area contributed by atoms with E-state index in [4.69, 9.17) is 5.21 Å². The number of pyridine rings is 1. The maximum atomic E-state index is 13.5. The number of rotatable bonds is 12. The van der Waals surface area contributed by atoms with Crippen LogP contribution in [0.25, 0.3) is 22.5 Å². The van der Waals surface area contributed by atoms with Crippen molar-refractivity contribution < 1.29 is 18.0 Å². The predicted molar refractivity (Wildman–Crippen MR) is 199 cm³/mol. The first-order chi connectivity index (χ1) is 25.8. The van der Waals surface area contributed by atoms with Gasteiger partial charge < -0.3 is 4.90 Å². The molecule has 2 aromatic heterocycles. The van der Waals surface area contributed by atoms with Gasteiger partial charge in [-0.3, -0.25) is 4.79 Å². The van der Waals surface area contributed by atoms with Gasteiger partial charge in [-0.25, -0.2) is 9.67 Å². The average Bonchev–Trinajstić information content (AvgIpc) is 3.69. The number of hydrogen-bond acceptors (Lipinski definition) is 6. The Morgan fingerprint density at radius 1 is 0.679 bits per heavy atom. The molecule has 0 fully saturated rings. The Labute approximate surface area is 305 Å². The van der Waals surface area contributed by atoms with Crippen molar-refractivity contribution in [3.63, 3.8) is 0 Å². The van der Waals surface area contributed by atoms with Crippen LogP contribution in [0.15, 0.2) is 158 Å². The Balaban J connectivity index is 1.30. The van der Waals surface area contributed by atoms with Crippen LogP contribution in [0, 0.1) is 0 Å². The van der Waals surface area contributed by atoms with Gasteiger partial charge in [-0.15, -0.1) is 5.10 Å². The molecule has 7 nitrogen and oxygen atoms in total. The summed E-state index contributed by atoms with van der Waals surface area (Å²) in [6.07, 6.45) is -2.96. The van der Waals surface area contributed by atoms with Gasteiger partial charge in [0.2, 0.25) is 0 Å². The minimum atomic E-state index is -5.01. The van der Waals surface area contributed by atoms with E-state index in [-0.39, 0.29) is 12.4 Å². The van der Waals surface area contributed by atoms with Crippen LogP contribution in [0.1, 0.15) is 46.0 Å². The number of halogens is 3. The third-order valence-electron chi connectivity index (χ3n) is 9.25. The Kier molecular flexibility index (Phi) is 9.94. The van der Waals surface area contributed by atoms with Crippen LogP contribution < -0.4 is 4.90 Å². The molecule has 0 radical (unpaired) electrons. The lowest BCUT2D eigenvalue weighted by Crippen LogP contribution is -2.39. The summed E-state index contributed by atoms with van der Waals surface area (Å²) >= 11 is 0. The molecule has 7 aromatic rings. The third-order valence-corrected chi connectivity index (χ3v) is 9.25. The number of anilines is 1. The first-order valence-corrected chi connectivity index (χ1v) is 17.3. The zero-order chi connectivity index (χ0) is 36.8. The maximum absolute atomic E-state index is 13.5. The van der Waals surface area contributed by atoms with Crippen molar-refractivity contribution in [2.45, 2.75) is 31.6 Å². The molecule has 0 aliphatic heterocycles. The number of carbonyl (C=O) groups is 1. The molecule has 0 aliphatic rings. The second-order valence-corrected chi connectivity index (χ2v) is 12.6. The number of tetrazole rings is 1. The Hall–Kier alpha value is -6.42. The molecule has 5 aromatic carbocycles. The summed E-state index contributed by atoms with van der Waals surface area (Å²) in [6, 6.07) is 48.9. The zero-order valence-corrected chi connectivity index (χ0v) is 28.9. The molecule has 0 saturated carbocycles. The van der Waals surface area contributed by atoms with Crippen LogP contribution in [0.4, 0.5) is 19.0 Å². The van der Waals surface area contributed by atoms with E-state index in [1.54, 1.807) is 4.90 Å². The fourth-order valence-corrected chi connectivity index (χ4v) is 6.93. The maximum Gasteiger partial charge on any atom is 0.455 e. The minimum absolute atomic E-state index is 0.0108. The third kappa shape index (κ3) is 6.83. The van der Waals surface area contributed by atoms with Crippen molar-refractivity contribution in [1.29, 1.82) is 0 Å². The standard InChI is InChI=1S/C43H35F3N6O/c1-2-29-51(40-38(23-14-28-47-40)39(53)43(44,45)46)30-31-24-26-32(27-25-31)36-21-12-13-22-37(36)41-48-49-50-52(41)42(33-15-6-3-7-16-33,34-17-8-4-9-18-34)35-19-10-5-11-20-35/h3-28H,2,29-30H2,1H3. The summed E-state index contributed by atoms with van der Waals surface area (Å²) in [5.41, 5.74) is 5.01. The van der Waals surface area contributed by atoms with Gasteiger partial charge in [0.25, 0.3) is 5.78 Å². The number of nitrogens with zero attached hydrogens (tertiary/aromatic N) is 6. The van der Waals surface area contributed by atoms with Crippen LogP contribution in [-0.4, -0.2) is 43.7 Å². The van der Waals surface area contributed by atoms with Crippen molar-refractivity contribution in [2.24, 2.45) is 0 Å². The largest absolute Gasteiger partial charge is 0.455 e. The Morgan fingerprint density at radius 2 is 1.23 bits per heavy atom. The molecule has 0 atom stereocenters. The van der Waals surface area contributed by atoms with Gasteiger partial charge in [0, 0.05) is 24.8 Å². The van der Waals surface area contributed by atoms with Gasteiger partial charge in [0.15, 0.2) is 5.82 Å². The van der Waals surface area contributed by atoms with E-state index in [1.165, 1.54) is 18.3 Å². The summed E-state index contributed by atoms with van der Waals surface area (Å²) in [6.45, 7) is 2.60. The zero-order valence-electron chi connectivity index (χ0n) is 28.9. The first kappa shape index (κ1) is 35.0. The number of alkyl halides is 3. The van der Waals surface area contributed by atoms with E-state index in [9.17, 15) is 18.0 Å². The van der Waals surface area contributed by atoms with Gasteiger partial charge >= 0.3 is 6.18 Å². The average molecular weight is 709 g/mol. The van der Waals surface area contributed by atoms with E-state index in [0.29, 0.717) is 18.8 Å². The van der Waals surface area contributed by atoms with Crippen LogP contribution >= 0.6 is 0 Å². The number of aromatic nitrogens is 5. The van der Waals surface area contributed by atoms with Gasteiger partial charge in [-0.05, 0) is 62.4 Å². The van der Waals surface area contributed by atoms with Crippen LogP contribution in [0.2, 0.25) is 0 Å². The Bertz CT molecular complexity index is 2200. The van der Waals surface area contributed by atoms with E-state index < -0.39 is 23.1 Å². The molecule has 264 valence electrons. The lowest BCUT2D eigenvalue weighted by atomic mass is 9.77. The highest BCUT2D eigenvalue weighted by atomic mass is 19.4. The SMILES string of the molecule is CCCN(Cc1ccc(-c2ccccc2-c2nnnn2C(c2ccccc2)(c2ccccc2)c2ccccc2)cc1)c1ncccc1C(=O)C(F)(F)F.